The van der Waals surface area contributed by atoms with Gasteiger partial charge in [-0.3, -0.25) is 0 Å². The molecule has 4 rings (SSSR count). The Labute approximate surface area is 191 Å². The second kappa shape index (κ2) is 9.39. The molecule has 2 aromatic heterocycles. The Hall–Kier alpha value is -2.76. The molecule has 0 N–H and O–H groups in total. The van der Waals surface area contributed by atoms with Crippen molar-refractivity contribution in [3.05, 3.63) is 54.4 Å². The summed E-state index contributed by atoms with van der Waals surface area (Å²) in [5, 5.41) is 12.9. The van der Waals surface area contributed by atoms with E-state index in [2.05, 4.69) is 20.1 Å². The lowest BCUT2D eigenvalue weighted by Crippen LogP contribution is -2.30. The molecule has 0 unspecified atom stereocenters. The summed E-state index contributed by atoms with van der Waals surface area (Å²) >= 11 is 1.52. The van der Waals surface area contributed by atoms with E-state index in [1.54, 1.807) is 16.8 Å². The third kappa shape index (κ3) is 4.15. The number of nitrogens with zero attached hydrogens (tertiary/aromatic N) is 7. The van der Waals surface area contributed by atoms with Gasteiger partial charge in [0.15, 0.2) is 11.0 Å². The van der Waals surface area contributed by atoms with Crippen LogP contribution in [0.5, 0.6) is 0 Å². The van der Waals surface area contributed by atoms with Crippen molar-refractivity contribution in [2.45, 2.75) is 43.1 Å². The van der Waals surface area contributed by atoms with Crippen LogP contribution in [-0.4, -0.2) is 55.6 Å². The van der Waals surface area contributed by atoms with Crippen LogP contribution in [0.2, 0.25) is 0 Å². The van der Waals surface area contributed by atoms with Crippen LogP contribution in [0.25, 0.3) is 16.7 Å². The van der Waals surface area contributed by atoms with Crippen molar-refractivity contribution in [1.82, 2.24) is 34.1 Å². The number of sulfonamides is 1. The number of fused-ring (bicyclic) bond motifs is 1. The van der Waals surface area contributed by atoms with Crippen LogP contribution in [0, 0.1) is 0 Å². The van der Waals surface area contributed by atoms with E-state index in [-0.39, 0.29) is 4.90 Å². The van der Waals surface area contributed by atoms with Crippen LogP contribution in [0.15, 0.2) is 58.6 Å². The molecular weight excluding hydrogens is 446 g/mol. The summed E-state index contributed by atoms with van der Waals surface area (Å²) < 4.78 is 31.1. The SMILES string of the molecule is CCN(CC)S(=O)(=O)c1ccc2c(c1)nc(SCc1nnnn1-c1ccccc1)n2CC. The topological polar surface area (TPSA) is 98.8 Å². The molecule has 32 heavy (non-hydrogen) atoms. The average molecular weight is 472 g/mol. The molecular formula is C21H25N7O2S2. The molecule has 0 bridgehead atoms. The minimum Gasteiger partial charge on any atom is -0.319 e. The van der Waals surface area contributed by atoms with Gasteiger partial charge in [-0.1, -0.05) is 43.8 Å². The second-order valence-corrected chi connectivity index (χ2v) is 9.89. The molecule has 0 radical (unpaired) electrons. The van der Waals surface area contributed by atoms with Crippen molar-refractivity contribution in [1.29, 1.82) is 0 Å². The number of imidazole rings is 1. The molecule has 0 atom stereocenters. The number of benzene rings is 2. The van der Waals surface area contributed by atoms with Gasteiger partial charge >= 0.3 is 0 Å². The lowest BCUT2D eigenvalue weighted by Gasteiger charge is -2.18. The first-order chi connectivity index (χ1) is 15.5. The third-order valence-corrected chi connectivity index (χ3v) is 8.23. The second-order valence-electron chi connectivity index (χ2n) is 7.01. The number of thioether (sulfide) groups is 1. The van der Waals surface area contributed by atoms with Gasteiger partial charge in [0.25, 0.3) is 0 Å². The van der Waals surface area contributed by atoms with Gasteiger partial charge in [0.1, 0.15) is 0 Å². The normalized spacial score (nSPS) is 12.1. The van der Waals surface area contributed by atoms with E-state index in [9.17, 15) is 8.42 Å². The quantitative estimate of drug-likeness (QED) is 0.345. The summed E-state index contributed by atoms with van der Waals surface area (Å²) in [5.41, 5.74) is 2.45. The predicted molar refractivity (Wildman–Crippen MR) is 124 cm³/mol. The van der Waals surface area contributed by atoms with Gasteiger partial charge in [0.05, 0.1) is 27.4 Å². The van der Waals surface area contributed by atoms with Gasteiger partial charge < -0.3 is 4.57 Å². The first-order valence-corrected chi connectivity index (χ1v) is 12.9. The van der Waals surface area contributed by atoms with Crippen molar-refractivity contribution >= 4 is 32.8 Å². The lowest BCUT2D eigenvalue weighted by molar-refractivity contribution is 0.445. The first-order valence-electron chi connectivity index (χ1n) is 10.5. The van der Waals surface area contributed by atoms with E-state index in [1.807, 2.05) is 57.2 Å². The zero-order chi connectivity index (χ0) is 22.7. The maximum Gasteiger partial charge on any atom is 0.243 e. The number of tetrazole rings is 1. The van der Waals surface area contributed by atoms with Crippen LogP contribution < -0.4 is 0 Å². The fourth-order valence-corrected chi connectivity index (χ4v) is 6.03. The molecule has 0 aliphatic rings. The number of aryl methyl sites for hydroxylation is 1. The molecule has 0 saturated carbocycles. The zero-order valence-corrected chi connectivity index (χ0v) is 19.8. The minimum atomic E-state index is -3.54. The van der Waals surface area contributed by atoms with Crippen LogP contribution in [-0.2, 0) is 22.3 Å². The number of aromatic nitrogens is 6. The third-order valence-electron chi connectivity index (χ3n) is 5.21. The molecule has 0 amide bonds. The van der Waals surface area contributed by atoms with E-state index in [4.69, 9.17) is 4.98 Å². The Bertz CT molecular complexity index is 1310. The van der Waals surface area contributed by atoms with Gasteiger partial charge in [-0.2, -0.15) is 8.99 Å². The highest BCUT2D eigenvalue weighted by atomic mass is 32.2. The molecule has 11 heteroatoms. The summed E-state index contributed by atoms with van der Waals surface area (Å²) in [7, 11) is -3.54. The van der Waals surface area contributed by atoms with Crippen LogP contribution in [0.1, 0.15) is 26.6 Å². The summed E-state index contributed by atoms with van der Waals surface area (Å²) in [6.45, 7) is 7.28. The predicted octanol–water partition coefficient (Wildman–Crippen LogP) is 3.35. The standard InChI is InChI=1S/C21H25N7O2S2/c1-4-26(5-2)32(29,30)17-12-13-19-18(14-17)22-21(27(19)6-3)31-15-20-23-24-25-28(20)16-10-8-7-9-11-16/h7-14H,4-6,15H2,1-3H3. The highest BCUT2D eigenvalue weighted by Gasteiger charge is 2.23. The Kier molecular flexibility index (Phi) is 6.58. The Morgan fingerprint density at radius 3 is 2.47 bits per heavy atom. The van der Waals surface area contributed by atoms with Gasteiger partial charge in [-0.25, -0.2) is 13.4 Å². The van der Waals surface area contributed by atoms with Gasteiger partial charge in [0.2, 0.25) is 10.0 Å². The highest BCUT2D eigenvalue weighted by molar-refractivity contribution is 7.98. The van der Waals surface area contributed by atoms with Crippen LogP contribution in [0.3, 0.4) is 0 Å². The number of para-hydroxylation sites is 1. The van der Waals surface area contributed by atoms with E-state index < -0.39 is 10.0 Å². The monoisotopic (exact) mass is 471 g/mol. The molecule has 4 aromatic rings. The maximum atomic E-state index is 12.9. The van der Waals surface area contributed by atoms with Crippen LogP contribution >= 0.6 is 11.8 Å². The number of rotatable bonds is 9. The Morgan fingerprint density at radius 2 is 1.78 bits per heavy atom. The van der Waals surface area contributed by atoms with Crippen molar-refractivity contribution < 1.29 is 8.42 Å². The molecule has 0 aliphatic heterocycles. The first kappa shape index (κ1) is 22.4. The minimum absolute atomic E-state index is 0.263. The Morgan fingerprint density at radius 1 is 1.03 bits per heavy atom. The van der Waals surface area contributed by atoms with E-state index in [1.165, 1.54) is 16.1 Å². The molecule has 0 spiro atoms. The van der Waals surface area contributed by atoms with Gasteiger partial charge in [-0.05, 0) is 47.7 Å². The molecule has 2 aromatic carbocycles. The fourth-order valence-electron chi connectivity index (χ4n) is 3.57. The molecule has 0 aliphatic carbocycles. The van der Waals surface area contributed by atoms with E-state index in [0.29, 0.717) is 36.7 Å². The summed E-state index contributed by atoms with van der Waals surface area (Å²) in [5.74, 6) is 1.23. The number of hydrogen-bond donors (Lipinski definition) is 0. The van der Waals surface area contributed by atoms with Crippen molar-refractivity contribution in [2.24, 2.45) is 0 Å². The van der Waals surface area contributed by atoms with Crippen molar-refractivity contribution in [3.8, 4) is 5.69 Å². The summed E-state index contributed by atoms with van der Waals surface area (Å²) in [6.07, 6.45) is 0. The molecule has 2 heterocycles. The highest BCUT2D eigenvalue weighted by Crippen LogP contribution is 2.29. The smallest absolute Gasteiger partial charge is 0.243 e. The molecule has 0 fully saturated rings. The van der Waals surface area contributed by atoms with Gasteiger partial charge in [-0.15, -0.1) is 5.10 Å². The van der Waals surface area contributed by atoms with Gasteiger partial charge in [0, 0.05) is 19.6 Å². The summed E-state index contributed by atoms with van der Waals surface area (Å²) in [4.78, 5) is 5.00. The van der Waals surface area contributed by atoms with E-state index in [0.717, 1.165) is 16.4 Å². The molecule has 9 nitrogen and oxygen atoms in total. The Balaban J connectivity index is 1.64. The van der Waals surface area contributed by atoms with Crippen molar-refractivity contribution in [3.63, 3.8) is 0 Å². The van der Waals surface area contributed by atoms with Crippen LogP contribution in [0.4, 0.5) is 0 Å². The average Bonchev–Trinajstić information content (AvgIpc) is 3.42. The maximum absolute atomic E-state index is 12.9. The van der Waals surface area contributed by atoms with E-state index >= 15 is 0 Å². The number of hydrogen-bond acceptors (Lipinski definition) is 7. The zero-order valence-electron chi connectivity index (χ0n) is 18.2. The lowest BCUT2D eigenvalue weighted by atomic mass is 10.3. The summed E-state index contributed by atoms with van der Waals surface area (Å²) in [6, 6.07) is 14.9. The van der Waals surface area contributed by atoms with Crippen molar-refractivity contribution in [2.75, 3.05) is 13.1 Å². The largest absolute Gasteiger partial charge is 0.319 e. The fraction of sp³-hybridized carbons (Fsp3) is 0.333. The molecule has 168 valence electrons. The molecule has 0 saturated heterocycles.